The van der Waals surface area contributed by atoms with Crippen molar-refractivity contribution in [3.63, 3.8) is 0 Å². The van der Waals surface area contributed by atoms with Crippen LogP contribution in [0.15, 0.2) is 29.3 Å². The van der Waals surface area contributed by atoms with Crippen LogP contribution < -0.4 is 38.9 Å². The number of phenols is 1. The first-order valence-electron chi connectivity index (χ1n) is 12.4. The SMILES string of the molecule is CC(NC(=O)C(CCCN=C(N)N)NC(=O)C(CCCCN)NC(=O)C(N)Cc1ccc(O)cc1)C(=O)O. The van der Waals surface area contributed by atoms with Gasteiger partial charge in [-0.3, -0.25) is 24.2 Å². The molecule has 4 unspecified atom stereocenters. The van der Waals surface area contributed by atoms with Crippen LogP contribution in [0, 0.1) is 0 Å². The van der Waals surface area contributed by atoms with E-state index in [0.717, 1.165) is 5.56 Å². The summed E-state index contributed by atoms with van der Waals surface area (Å²) < 4.78 is 0. The monoisotopic (exact) mass is 536 g/mol. The maximum absolute atomic E-state index is 13.2. The minimum absolute atomic E-state index is 0.0815. The Hall–Kier alpha value is -3.91. The first-order chi connectivity index (χ1) is 17.9. The lowest BCUT2D eigenvalue weighted by molar-refractivity contribution is -0.141. The summed E-state index contributed by atoms with van der Waals surface area (Å²) in [6.45, 7) is 1.88. The number of hydrogen-bond acceptors (Lipinski definition) is 8. The van der Waals surface area contributed by atoms with E-state index in [1.165, 1.54) is 19.1 Å². The molecule has 0 aliphatic rings. The zero-order valence-electron chi connectivity index (χ0n) is 21.6. The molecular weight excluding hydrogens is 496 g/mol. The zero-order valence-corrected chi connectivity index (χ0v) is 21.6. The zero-order chi connectivity index (χ0) is 28.7. The highest BCUT2D eigenvalue weighted by molar-refractivity contribution is 5.94. The molecule has 13 N–H and O–H groups in total. The van der Waals surface area contributed by atoms with E-state index in [4.69, 9.17) is 28.0 Å². The van der Waals surface area contributed by atoms with Crippen LogP contribution in [0.4, 0.5) is 0 Å². The third kappa shape index (κ3) is 12.4. The third-order valence-electron chi connectivity index (χ3n) is 5.62. The van der Waals surface area contributed by atoms with Gasteiger partial charge in [0.2, 0.25) is 17.7 Å². The van der Waals surface area contributed by atoms with Crippen LogP contribution in [-0.4, -0.2) is 77.1 Å². The normalized spacial score (nSPS) is 13.9. The van der Waals surface area contributed by atoms with E-state index >= 15 is 0 Å². The van der Waals surface area contributed by atoms with Gasteiger partial charge < -0.3 is 49.1 Å². The quantitative estimate of drug-likeness (QED) is 0.0600. The highest BCUT2D eigenvalue weighted by Crippen LogP contribution is 2.11. The number of carboxylic acid groups (broad SMARTS) is 1. The Kier molecular flexibility index (Phi) is 14.2. The predicted molar refractivity (Wildman–Crippen MR) is 142 cm³/mol. The minimum Gasteiger partial charge on any atom is -0.508 e. The molecule has 14 heteroatoms. The number of rotatable bonds is 17. The molecule has 0 fully saturated rings. The molecule has 212 valence electrons. The number of phenolic OH excluding ortho intramolecular Hbond substituents is 1. The van der Waals surface area contributed by atoms with Crippen molar-refractivity contribution < 1.29 is 29.4 Å². The molecule has 0 aromatic heterocycles. The lowest BCUT2D eigenvalue weighted by Gasteiger charge is -2.25. The summed E-state index contributed by atoms with van der Waals surface area (Å²) in [5, 5.41) is 26.1. The number of amides is 3. The number of benzene rings is 1. The standard InChI is InChI=1S/C24H40N8O6/c1-14(23(37)38)30-21(35)19(6-4-12-29-24(27)28)32-22(36)18(5-2-3-11-25)31-20(34)17(26)13-15-7-9-16(33)10-8-15/h7-10,14,17-19,33H,2-6,11-13,25-26H2,1H3,(H,30,35)(H,31,34)(H,32,36)(H,37,38)(H4,27,28,29). The molecule has 1 rings (SSSR count). The molecule has 4 atom stereocenters. The minimum atomic E-state index is -1.24. The topological polar surface area (TPSA) is 261 Å². The van der Waals surface area contributed by atoms with Crippen molar-refractivity contribution in [2.24, 2.45) is 27.9 Å². The van der Waals surface area contributed by atoms with E-state index in [2.05, 4.69) is 20.9 Å². The Morgan fingerprint density at radius 1 is 0.895 bits per heavy atom. The van der Waals surface area contributed by atoms with E-state index in [0.29, 0.717) is 25.8 Å². The van der Waals surface area contributed by atoms with Crippen molar-refractivity contribution in [2.75, 3.05) is 13.1 Å². The van der Waals surface area contributed by atoms with Crippen molar-refractivity contribution in [2.45, 2.75) is 69.6 Å². The summed E-state index contributed by atoms with van der Waals surface area (Å²) in [6.07, 6.45) is 1.99. The van der Waals surface area contributed by atoms with Gasteiger partial charge in [0.05, 0.1) is 6.04 Å². The van der Waals surface area contributed by atoms with Crippen molar-refractivity contribution in [3.05, 3.63) is 29.8 Å². The molecule has 1 aromatic carbocycles. The summed E-state index contributed by atoms with van der Waals surface area (Å²) in [5.74, 6) is -3.18. The maximum atomic E-state index is 13.2. The van der Waals surface area contributed by atoms with E-state index in [1.807, 2.05) is 0 Å². The van der Waals surface area contributed by atoms with Gasteiger partial charge in [0.1, 0.15) is 23.9 Å². The van der Waals surface area contributed by atoms with Crippen LogP contribution in [0.5, 0.6) is 5.75 Å². The van der Waals surface area contributed by atoms with E-state index in [1.54, 1.807) is 12.1 Å². The maximum Gasteiger partial charge on any atom is 0.325 e. The smallest absolute Gasteiger partial charge is 0.325 e. The van der Waals surface area contributed by atoms with E-state index < -0.39 is 47.9 Å². The molecule has 0 aliphatic heterocycles. The molecule has 0 heterocycles. The van der Waals surface area contributed by atoms with Gasteiger partial charge in [-0.05, 0) is 69.7 Å². The highest BCUT2D eigenvalue weighted by Gasteiger charge is 2.29. The van der Waals surface area contributed by atoms with Gasteiger partial charge in [0.25, 0.3) is 0 Å². The summed E-state index contributed by atoms with van der Waals surface area (Å²) in [6, 6.07) is 1.97. The second kappa shape index (κ2) is 16.8. The van der Waals surface area contributed by atoms with Gasteiger partial charge in [-0.2, -0.15) is 0 Å². The van der Waals surface area contributed by atoms with Crippen molar-refractivity contribution in [1.82, 2.24) is 16.0 Å². The molecule has 0 radical (unpaired) electrons. The first-order valence-corrected chi connectivity index (χ1v) is 12.4. The predicted octanol–water partition coefficient (Wildman–Crippen LogP) is -2.00. The molecule has 3 amide bonds. The number of carboxylic acids is 1. The van der Waals surface area contributed by atoms with Gasteiger partial charge in [-0.15, -0.1) is 0 Å². The fourth-order valence-corrected chi connectivity index (χ4v) is 3.44. The average Bonchev–Trinajstić information content (AvgIpc) is 2.86. The number of aliphatic imine (C=N–C) groups is 1. The van der Waals surface area contributed by atoms with Crippen molar-refractivity contribution in [1.29, 1.82) is 0 Å². The molecule has 38 heavy (non-hydrogen) atoms. The number of aromatic hydroxyl groups is 1. The fraction of sp³-hybridized carbons (Fsp3) is 0.542. The van der Waals surface area contributed by atoms with Crippen molar-refractivity contribution in [3.8, 4) is 5.75 Å². The lowest BCUT2D eigenvalue weighted by Crippen LogP contribution is -2.57. The molecule has 0 saturated carbocycles. The van der Waals surface area contributed by atoms with Crippen LogP contribution >= 0.6 is 0 Å². The Labute approximate surface area is 221 Å². The number of aliphatic carboxylic acids is 1. The van der Waals surface area contributed by atoms with Crippen LogP contribution in [0.1, 0.15) is 44.6 Å². The first kappa shape index (κ1) is 32.1. The number of guanidine groups is 1. The largest absolute Gasteiger partial charge is 0.508 e. The molecular formula is C24H40N8O6. The van der Waals surface area contributed by atoms with E-state index in [-0.39, 0.29) is 37.5 Å². The number of carbonyl (C=O) groups excluding carboxylic acids is 3. The highest BCUT2D eigenvalue weighted by atomic mass is 16.4. The Morgan fingerprint density at radius 2 is 1.45 bits per heavy atom. The molecule has 0 spiro atoms. The van der Waals surface area contributed by atoms with Crippen LogP contribution in [0.2, 0.25) is 0 Å². The fourth-order valence-electron chi connectivity index (χ4n) is 3.44. The second-order valence-electron chi connectivity index (χ2n) is 8.90. The Morgan fingerprint density at radius 3 is 2.00 bits per heavy atom. The molecule has 0 saturated heterocycles. The Bertz CT molecular complexity index is 952. The average molecular weight is 537 g/mol. The van der Waals surface area contributed by atoms with Crippen LogP contribution in [0.3, 0.4) is 0 Å². The van der Waals surface area contributed by atoms with Gasteiger partial charge in [-0.25, -0.2) is 0 Å². The summed E-state index contributed by atoms with van der Waals surface area (Å²) in [7, 11) is 0. The summed E-state index contributed by atoms with van der Waals surface area (Å²) in [4.78, 5) is 53.7. The van der Waals surface area contributed by atoms with E-state index in [9.17, 15) is 24.3 Å². The van der Waals surface area contributed by atoms with Gasteiger partial charge in [0, 0.05) is 6.54 Å². The Balaban J connectivity index is 2.95. The van der Waals surface area contributed by atoms with Gasteiger partial charge >= 0.3 is 5.97 Å². The number of unbranched alkanes of at least 4 members (excludes halogenated alkanes) is 1. The number of carbonyl (C=O) groups is 4. The lowest BCUT2D eigenvalue weighted by atomic mass is 10.0. The third-order valence-corrected chi connectivity index (χ3v) is 5.62. The molecule has 0 bridgehead atoms. The summed E-state index contributed by atoms with van der Waals surface area (Å²) in [5.41, 5.74) is 23.0. The second-order valence-corrected chi connectivity index (χ2v) is 8.90. The number of nitrogens with two attached hydrogens (primary N) is 4. The van der Waals surface area contributed by atoms with Crippen LogP contribution in [-0.2, 0) is 25.6 Å². The molecule has 1 aromatic rings. The number of nitrogens with one attached hydrogen (secondary N) is 3. The molecule has 0 aliphatic carbocycles. The number of nitrogens with zero attached hydrogens (tertiary/aromatic N) is 1. The van der Waals surface area contributed by atoms with Crippen LogP contribution in [0.25, 0.3) is 0 Å². The number of hydrogen-bond donors (Lipinski definition) is 9. The molecule has 14 nitrogen and oxygen atoms in total. The van der Waals surface area contributed by atoms with Gasteiger partial charge in [-0.1, -0.05) is 12.1 Å². The van der Waals surface area contributed by atoms with Gasteiger partial charge in [0.15, 0.2) is 5.96 Å². The summed E-state index contributed by atoms with van der Waals surface area (Å²) >= 11 is 0. The van der Waals surface area contributed by atoms with Crippen molar-refractivity contribution >= 4 is 29.7 Å².